The minimum atomic E-state index is -0.477. The van der Waals surface area contributed by atoms with E-state index in [2.05, 4.69) is 201 Å². The Morgan fingerprint density at radius 2 is 1.12 bits per heavy atom. The number of hydrogen-bond acceptors (Lipinski definition) is 2. The van der Waals surface area contributed by atoms with Gasteiger partial charge in [-0.1, -0.05) is 159 Å². The monoisotopic (exact) mass is 761 g/mol. The van der Waals surface area contributed by atoms with Crippen molar-refractivity contribution in [2.75, 3.05) is 11.5 Å². The van der Waals surface area contributed by atoms with Crippen LogP contribution < -0.4 is 4.90 Å². The van der Waals surface area contributed by atoms with Crippen molar-refractivity contribution in [3.05, 3.63) is 233 Å². The maximum absolute atomic E-state index is 6.18. The Balaban J connectivity index is 1.11. The summed E-state index contributed by atoms with van der Waals surface area (Å²) in [4.78, 5) is 2.49. The van der Waals surface area contributed by atoms with Crippen LogP contribution in [0.25, 0.3) is 33.4 Å². The summed E-state index contributed by atoms with van der Waals surface area (Å²) < 4.78 is 6.18. The van der Waals surface area contributed by atoms with E-state index in [1.807, 2.05) is 6.26 Å². The van der Waals surface area contributed by atoms with E-state index in [4.69, 9.17) is 4.74 Å². The largest absolute Gasteiger partial charge is 0.497 e. The average molecular weight is 762 g/mol. The van der Waals surface area contributed by atoms with Crippen molar-refractivity contribution >= 4 is 28.2 Å². The first-order valence-corrected chi connectivity index (χ1v) is 21.2. The van der Waals surface area contributed by atoms with Gasteiger partial charge >= 0.3 is 0 Å². The van der Waals surface area contributed by atoms with Crippen molar-refractivity contribution in [2.45, 2.75) is 50.4 Å². The molecule has 6 aromatic carbocycles. The Bertz CT molecular complexity index is 2830. The van der Waals surface area contributed by atoms with Gasteiger partial charge in [-0.25, -0.2) is 0 Å². The third kappa shape index (κ3) is 5.53. The molecule has 1 unspecified atom stereocenters. The molecule has 1 aliphatic heterocycles. The van der Waals surface area contributed by atoms with Crippen LogP contribution in [-0.4, -0.2) is 6.61 Å². The molecule has 0 bridgehead atoms. The van der Waals surface area contributed by atoms with Crippen molar-refractivity contribution < 1.29 is 4.74 Å². The van der Waals surface area contributed by atoms with Crippen LogP contribution in [0.2, 0.25) is 0 Å². The maximum Gasteiger partial charge on any atom is 0.111 e. The topological polar surface area (TPSA) is 12.5 Å². The predicted octanol–water partition coefficient (Wildman–Crippen LogP) is 14.8. The van der Waals surface area contributed by atoms with Crippen LogP contribution in [0.3, 0.4) is 0 Å². The van der Waals surface area contributed by atoms with Crippen LogP contribution >= 0.6 is 0 Å². The van der Waals surface area contributed by atoms with Gasteiger partial charge in [0.15, 0.2) is 0 Å². The van der Waals surface area contributed by atoms with Crippen molar-refractivity contribution in [1.29, 1.82) is 0 Å². The first-order chi connectivity index (χ1) is 29.0. The Labute approximate surface area is 348 Å². The van der Waals surface area contributed by atoms with E-state index in [9.17, 15) is 0 Å². The van der Waals surface area contributed by atoms with Crippen LogP contribution in [0.4, 0.5) is 17.1 Å². The predicted molar refractivity (Wildman–Crippen MR) is 246 cm³/mol. The summed E-state index contributed by atoms with van der Waals surface area (Å²) in [6.45, 7) is 5.39. The molecular weight excluding hydrogens is 715 g/mol. The van der Waals surface area contributed by atoms with Gasteiger partial charge in [-0.2, -0.15) is 0 Å². The lowest BCUT2D eigenvalue weighted by atomic mass is 9.65. The number of nitrogens with zero attached hydrogens (tertiary/aromatic N) is 1. The Hall–Kier alpha value is -6.64. The Morgan fingerprint density at radius 3 is 1.83 bits per heavy atom. The van der Waals surface area contributed by atoms with Crippen LogP contribution in [0, 0.1) is 0 Å². The molecule has 0 saturated heterocycles. The van der Waals surface area contributed by atoms with Crippen LogP contribution in [0.5, 0.6) is 0 Å². The number of hydrogen-bond donors (Lipinski definition) is 0. The van der Waals surface area contributed by atoms with Gasteiger partial charge in [0.05, 0.1) is 11.7 Å². The van der Waals surface area contributed by atoms with E-state index >= 15 is 0 Å². The number of fused-ring (bicyclic) bond motifs is 4. The summed E-state index contributed by atoms with van der Waals surface area (Å²) in [5.74, 6) is 0. The van der Waals surface area contributed by atoms with E-state index in [1.54, 1.807) is 5.57 Å². The molecule has 1 atom stereocenters. The number of allylic oxidation sites excluding steroid dienone is 10. The van der Waals surface area contributed by atoms with Gasteiger partial charge in [-0.05, 0) is 141 Å². The first kappa shape index (κ1) is 35.5. The summed E-state index contributed by atoms with van der Waals surface area (Å²) >= 11 is 0. The molecule has 1 heterocycles. The van der Waals surface area contributed by atoms with Gasteiger partial charge in [0, 0.05) is 22.5 Å². The van der Waals surface area contributed by atoms with Crippen molar-refractivity contribution in [2.24, 2.45) is 0 Å². The van der Waals surface area contributed by atoms with Gasteiger partial charge in [0.1, 0.15) is 6.61 Å². The molecule has 59 heavy (non-hydrogen) atoms. The second kappa shape index (κ2) is 14.0. The van der Waals surface area contributed by atoms with Gasteiger partial charge in [-0.15, -0.1) is 0 Å². The summed E-state index contributed by atoms with van der Waals surface area (Å²) in [5.41, 5.74) is 21.3. The molecule has 11 rings (SSSR count). The summed E-state index contributed by atoms with van der Waals surface area (Å²) in [7, 11) is 0. The standard InChI is InChI=1S/C57H47NO/c1-56(2)52-25-15-14-24-48(52)49-32-30-44(36-53(49)56)58(43-28-26-40(27-29-43)47-23-13-12-22-46(47)39-16-6-3-7-17-39)45-31-33-50-51-34-35-59-38-55(51)57(54(50)37-45,41-18-8-4-9-19-41)42-20-10-5-11-21-42/h3-4,6-10,12-14,16-24,26-37H,5,11,15,25,38H2,1-2H3. The third-order valence-electron chi connectivity index (χ3n) is 13.5. The normalized spacial score (nSPS) is 19.5. The molecule has 0 N–H and O–H groups in total. The average Bonchev–Trinajstić information content (AvgIpc) is 3.73. The lowest BCUT2D eigenvalue weighted by Crippen LogP contribution is -2.33. The SMILES string of the molecule is CC1(C)C2=C(C=CCC2)c2ccc(N(c3ccc(-c4ccccc4-c4ccccc4)cc3)c3ccc4c(c3)C(C3=CCCC=C3)(c3ccccc3)C3=C4C=COC3)cc21. The number of rotatable bonds is 7. The molecule has 0 fully saturated rings. The molecule has 2 nitrogen and oxygen atoms in total. The second-order valence-electron chi connectivity index (χ2n) is 17.0. The van der Waals surface area contributed by atoms with Gasteiger partial charge in [0.25, 0.3) is 0 Å². The highest BCUT2D eigenvalue weighted by atomic mass is 16.5. The third-order valence-corrected chi connectivity index (χ3v) is 13.5. The molecule has 2 heteroatoms. The Morgan fingerprint density at radius 1 is 0.508 bits per heavy atom. The van der Waals surface area contributed by atoms with E-state index in [-0.39, 0.29) is 5.41 Å². The summed E-state index contributed by atoms with van der Waals surface area (Å²) in [6, 6.07) is 54.2. The van der Waals surface area contributed by atoms with Crippen molar-refractivity contribution in [1.82, 2.24) is 0 Å². The van der Waals surface area contributed by atoms with Crippen molar-refractivity contribution in [3.63, 3.8) is 0 Å². The van der Waals surface area contributed by atoms with Crippen molar-refractivity contribution in [3.8, 4) is 22.3 Å². The fraction of sp³-hybridized carbons (Fsp3) is 0.158. The highest BCUT2D eigenvalue weighted by Crippen LogP contribution is 2.58. The van der Waals surface area contributed by atoms with E-state index in [0.29, 0.717) is 6.61 Å². The van der Waals surface area contributed by atoms with Gasteiger partial charge in [0.2, 0.25) is 0 Å². The lowest BCUT2D eigenvalue weighted by molar-refractivity contribution is 0.268. The smallest absolute Gasteiger partial charge is 0.111 e. The molecule has 0 amide bonds. The Kier molecular flexibility index (Phi) is 8.44. The zero-order valence-corrected chi connectivity index (χ0v) is 33.8. The number of benzene rings is 6. The zero-order chi connectivity index (χ0) is 39.6. The molecule has 6 aromatic rings. The number of ether oxygens (including phenoxy) is 1. The summed E-state index contributed by atoms with van der Waals surface area (Å²) in [6.07, 6.45) is 20.3. The van der Waals surface area contributed by atoms with E-state index in [0.717, 1.165) is 37.1 Å². The minimum absolute atomic E-state index is 0.0440. The molecule has 0 saturated carbocycles. The first-order valence-electron chi connectivity index (χ1n) is 21.2. The molecule has 5 aliphatic rings. The van der Waals surface area contributed by atoms with Gasteiger partial charge in [-0.3, -0.25) is 0 Å². The molecular formula is C57H47NO. The quantitative estimate of drug-likeness (QED) is 0.161. The van der Waals surface area contributed by atoms with Crippen LogP contribution in [-0.2, 0) is 15.6 Å². The fourth-order valence-electron chi connectivity index (χ4n) is 10.8. The fourth-order valence-corrected chi connectivity index (χ4v) is 10.8. The maximum atomic E-state index is 6.18. The van der Waals surface area contributed by atoms with Gasteiger partial charge < -0.3 is 9.64 Å². The zero-order valence-electron chi connectivity index (χ0n) is 33.8. The lowest BCUT2D eigenvalue weighted by Gasteiger charge is -2.38. The molecule has 0 spiro atoms. The molecule has 286 valence electrons. The minimum Gasteiger partial charge on any atom is -0.497 e. The van der Waals surface area contributed by atoms with E-state index in [1.165, 1.54) is 78.1 Å². The highest BCUT2D eigenvalue weighted by Gasteiger charge is 2.49. The molecule has 0 radical (unpaired) electrons. The molecule has 0 aromatic heterocycles. The summed E-state index contributed by atoms with van der Waals surface area (Å²) in [5, 5.41) is 0. The van der Waals surface area contributed by atoms with E-state index < -0.39 is 5.41 Å². The highest BCUT2D eigenvalue weighted by molar-refractivity contribution is 5.94. The van der Waals surface area contributed by atoms with Crippen LogP contribution in [0.15, 0.2) is 205 Å². The second-order valence-corrected chi connectivity index (χ2v) is 17.0. The van der Waals surface area contributed by atoms with Crippen LogP contribution in [0.1, 0.15) is 67.3 Å². The number of anilines is 3. The molecule has 4 aliphatic carbocycles.